The molecule has 2 nitrogen and oxygen atoms in total. The molecule has 1 aliphatic carbocycles. The number of anilines is 2. The van der Waals surface area contributed by atoms with E-state index in [0.29, 0.717) is 0 Å². The molecule has 0 saturated heterocycles. The summed E-state index contributed by atoms with van der Waals surface area (Å²) in [5.41, 5.74) is 24.1. The van der Waals surface area contributed by atoms with E-state index >= 15 is 0 Å². The van der Waals surface area contributed by atoms with Gasteiger partial charge in [-0.3, -0.25) is 0 Å². The van der Waals surface area contributed by atoms with Gasteiger partial charge in [-0.2, -0.15) is 0 Å². The van der Waals surface area contributed by atoms with Crippen LogP contribution in [-0.4, -0.2) is 11.3 Å². The van der Waals surface area contributed by atoms with Crippen molar-refractivity contribution in [2.24, 2.45) is 7.05 Å². The first-order chi connectivity index (χ1) is 21.0. The van der Waals surface area contributed by atoms with Crippen LogP contribution < -0.4 is 21.3 Å². The molecule has 0 spiro atoms. The Hall–Kier alpha value is -4.24. The number of hydrogen-bond donors (Lipinski definition) is 0. The minimum absolute atomic E-state index is 0.160. The first kappa shape index (κ1) is 28.5. The number of nitrogens with zero attached hydrogens (tertiary/aromatic N) is 2. The van der Waals surface area contributed by atoms with Crippen LogP contribution in [0.5, 0.6) is 0 Å². The highest BCUT2D eigenvalue weighted by Crippen LogP contribution is 2.42. The van der Waals surface area contributed by atoms with E-state index in [2.05, 4.69) is 139 Å². The van der Waals surface area contributed by atoms with Gasteiger partial charge >= 0.3 is 0 Å². The summed E-state index contributed by atoms with van der Waals surface area (Å²) in [5, 5.41) is 0. The van der Waals surface area contributed by atoms with E-state index in [1.807, 2.05) is 0 Å². The summed E-state index contributed by atoms with van der Waals surface area (Å²) in [4.78, 5) is 2.42. The van der Waals surface area contributed by atoms with Crippen LogP contribution in [0.25, 0.3) is 28.3 Å². The lowest BCUT2D eigenvalue weighted by molar-refractivity contribution is 0.863. The fourth-order valence-electron chi connectivity index (χ4n) is 8.34. The molecule has 0 bridgehead atoms. The van der Waals surface area contributed by atoms with E-state index in [-0.39, 0.29) is 6.71 Å². The van der Waals surface area contributed by atoms with Gasteiger partial charge in [-0.05, 0) is 141 Å². The molecular weight excluding hydrogens is 531 g/mol. The van der Waals surface area contributed by atoms with E-state index in [1.165, 1.54) is 100 Å². The third kappa shape index (κ3) is 4.16. The Morgan fingerprint density at radius 2 is 1.57 bits per heavy atom. The number of aryl methyl sites for hydroxylation is 4. The van der Waals surface area contributed by atoms with Crippen LogP contribution >= 0.6 is 0 Å². The van der Waals surface area contributed by atoms with Crippen molar-refractivity contribution in [2.45, 2.75) is 68.2 Å². The molecule has 3 heteroatoms. The molecule has 2 aliphatic heterocycles. The summed E-state index contributed by atoms with van der Waals surface area (Å²) in [6, 6.07) is 16.6. The van der Waals surface area contributed by atoms with Crippen molar-refractivity contribution in [2.75, 3.05) is 4.90 Å². The minimum Gasteiger partial charge on any atom is -0.334 e. The maximum absolute atomic E-state index is 4.52. The Morgan fingerprint density at radius 3 is 2.25 bits per heavy atom. The lowest BCUT2D eigenvalue weighted by Gasteiger charge is -2.35. The zero-order valence-electron chi connectivity index (χ0n) is 27.9. The van der Waals surface area contributed by atoms with Crippen molar-refractivity contribution < 1.29 is 0 Å². The van der Waals surface area contributed by atoms with Crippen LogP contribution in [0.4, 0.5) is 11.5 Å². The van der Waals surface area contributed by atoms with E-state index in [9.17, 15) is 0 Å². The van der Waals surface area contributed by atoms with Gasteiger partial charge in [0.05, 0.1) is 0 Å². The third-order valence-corrected chi connectivity index (χ3v) is 10.2. The normalized spacial score (nSPS) is 15.2. The molecule has 0 N–H and O–H groups in total. The van der Waals surface area contributed by atoms with Gasteiger partial charge in [-0.25, -0.2) is 0 Å². The van der Waals surface area contributed by atoms with Crippen molar-refractivity contribution >= 4 is 40.7 Å². The van der Waals surface area contributed by atoms with Crippen LogP contribution in [0.1, 0.15) is 67.1 Å². The lowest BCUT2D eigenvalue weighted by atomic mass is 9.37. The summed E-state index contributed by atoms with van der Waals surface area (Å²) in [6.45, 7) is 22.6. The van der Waals surface area contributed by atoms with Gasteiger partial charge < -0.3 is 9.47 Å². The number of benzene rings is 3. The Morgan fingerprint density at radius 1 is 0.864 bits per heavy atom. The molecule has 3 aliphatic rings. The molecule has 0 unspecified atom stereocenters. The Labute approximate surface area is 264 Å². The Kier molecular flexibility index (Phi) is 6.59. The predicted molar refractivity (Wildman–Crippen MR) is 193 cm³/mol. The smallest absolute Gasteiger partial charge is 0.251 e. The predicted octanol–water partition coefficient (Wildman–Crippen LogP) is 8.79. The highest BCUT2D eigenvalue weighted by molar-refractivity contribution is 7.01. The molecule has 220 valence electrons. The second-order valence-electron chi connectivity index (χ2n) is 13.6. The van der Waals surface area contributed by atoms with Gasteiger partial charge in [0.2, 0.25) is 0 Å². The molecule has 3 aromatic carbocycles. The standard InChI is InChI=1S/C41H43BN2/c1-23(2)44-37-20-26(5)19-35-33-15-14-32(38-28(7)16-25(4)17-29(38)8)22-36(33)42(39(35)37)40-34(30(9)43(10)41(40)44)21-27(6)31-13-11-12-24(3)18-31/h12,14-22H,1,11,13H2,2-10H3/b27-21+. The first-order valence-corrected chi connectivity index (χ1v) is 16.0. The molecular formula is C41H43BN2. The van der Waals surface area contributed by atoms with Crippen molar-refractivity contribution in [1.82, 2.24) is 4.57 Å². The molecule has 44 heavy (non-hydrogen) atoms. The minimum atomic E-state index is 0.160. The van der Waals surface area contributed by atoms with Gasteiger partial charge in [0.1, 0.15) is 5.82 Å². The number of aromatic nitrogens is 1. The number of allylic oxidation sites excluding steroid dienone is 6. The lowest BCUT2D eigenvalue weighted by Crippen LogP contribution is -2.55. The maximum atomic E-state index is 4.52. The number of rotatable bonds is 4. The molecule has 0 saturated carbocycles. The first-order valence-electron chi connectivity index (χ1n) is 16.0. The molecule has 0 amide bonds. The second-order valence-corrected chi connectivity index (χ2v) is 13.6. The highest BCUT2D eigenvalue weighted by atomic mass is 15.3. The van der Waals surface area contributed by atoms with Crippen molar-refractivity contribution in [3.8, 4) is 22.3 Å². The quantitative estimate of drug-likeness (QED) is 0.195. The van der Waals surface area contributed by atoms with Crippen LogP contribution in [0.2, 0.25) is 0 Å². The molecule has 3 heterocycles. The fourth-order valence-corrected chi connectivity index (χ4v) is 8.34. The van der Waals surface area contributed by atoms with E-state index in [0.717, 1.165) is 18.5 Å². The zero-order chi connectivity index (χ0) is 31.2. The Balaban J connectivity index is 1.53. The molecule has 0 radical (unpaired) electrons. The summed E-state index contributed by atoms with van der Waals surface area (Å²) < 4.78 is 2.41. The average molecular weight is 575 g/mol. The van der Waals surface area contributed by atoms with Gasteiger partial charge in [-0.15, -0.1) is 0 Å². The monoisotopic (exact) mass is 574 g/mol. The highest BCUT2D eigenvalue weighted by Gasteiger charge is 2.45. The van der Waals surface area contributed by atoms with Crippen LogP contribution in [0, 0.1) is 34.6 Å². The van der Waals surface area contributed by atoms with E-state index in [1.54, 1.807) is 0 Å². The van der Waals surface area contributed by atoms with Crippen LogP contribution in [0.3, 0.4) is 0 Å². The Bertz CT molecular complexity index is 2000. The van der Waals surface area contributed by atoms with Crippen molar-refractivity contribution in [1.29, 1.82) is 0 Å². The summed E-state index contributed by atoms with van der Waals surface area (Å²) in [5.74, 6) is 1.25. The van der Waals surface area contributed by atoms with Gasteiger partial charge in [0.15, 0.2) is 0 Å². The van der Waals surface area contributed by atoms with Crippen LogP contribution in [-0.2, 0) is 7.05 Å². The van der Waals surface area contributed by atoms with E-state index < -0.39 is 0 Å². The van der Waals surface area contributed by atoms with Crippen LogP contribution in [0.15, 0.2) is 83.6 Å². The number of hydrogen-bond acceptors (Lipinski definition) is 1. The van der Waals surface area contributed by atoms with Crippen molar-refractivity contribution in [3.05, 3.63) is 117 Å². The summed E-state index contributed by atoms with van der Waals surface area (Å²) >= 11 is 0. The topological polar surface area (TPSA) is 8.17 Å². The van der Waals surface area contributed by atoms with Crippen molar-refractivity contribution in [3.63, 3.8) is 0 Å². The molecule has 0 atom stereocenters. The zero-order valence-corrected chi connectivity index (χ0v) is 27.9. The van der Waals surface area contributed by atoms with E-state index in [4.69, 9.17) is 0 Å². The average Bonchev–Trinajstić information content (AvgIpc) is 3.40. The SMILES string of the molecule is C=C(C)N1c2cc(C)cc3c2B(c2cc(-c4c(C)cc(C)cc4C)ccc2-3)c2c(/C=C(\C)C3=CC(C)=CCC3)c(C)n(C)c21. The molecule has 4 aromatic rings. The molecule has 1 aromatic heterocycles. The van der Waals surface area contributed by atoms with Gasteiger partial charge in [-0.1, -0.05) is 77.8 Å². The molecule has 7 rings (SSSR count). The maximum Gasteiger partial charge on any atom is 0.251 e. The summed E-state index contributed by atoms with van der Waals surface area (Å²) in [6.07, 6.45) is 9.42. The number of fused-ring (bicyclic) bond motifs is 5. The molecule has 0 fully saturated rings. The largest absolute Gasteiger partial charge is 0.334 e. The van der Waals surface area contributed by atoms with Gasteiger partial charge in [0, 0.05) is 24.1 Å². The fraction of sp³-hybridized carbons (Fsp3) is 0.268. The summed E-state index contributed by atoms with van der Waals surface area (Å²) in [7, 11) is 2.23. The third-order valence-electron chi connectivity index (χ3n) is 10.2. The second kappa shape index (κ2) is 10.2. The van der Waals surface area contributed by atoms with Gasteiger partial charge in [0.25, 0.3) is 6.71 Å².